The number of hydrogen-bond donors (Lipinski definition) is 1. The third-order valence-electron chi connectivity index (χ3n) is 4.85. The quantitative estimate of drug-likeness (QED) is 0.513. The fourth-order valence-corrected chi connectivity index (χ4v) is 3.37. The van der Waals surface area contributed by atoms with Crippen LogP contribution in [-0.4, -0.2) is 33.6 Å². The highest BCUT2D eigenvalue weighted by Gasteiger charge is 2.19. The number of benzene rings is 1. The Hall–Kier alpha value is -3.45. The predicted molar refractivity (Wildman–Crippen MR) is 113 cm³/mol. The third-order valence-corrected chi connectivity index (χ3v) is 4.85. The van der Waals surface area contributed by atoms with E-state index in [9.17, 15) is 9.59 Å². The minimum Gasteiger partial charge on any atom is -0.385 e. The molecule has 0 radical (unpaired) electrons. The molecule has 7 nitrogen and oxygen atoms in total. The van der Waals surface area contributed by atoms with Gasteiger partial charge in [-0.3, -0.25) is 14.0 Å². The number of carbonyl (C=O) groups excluding carboxylic acids is 1. The first-order chi connectivity index (χ1) is 14.1. The van der Waals surface area contributed by atoms with Crippen molar-refractivity contribution in [3.8, 4) is 0 Å². The molecule has 0 aliphatic carbocycles. The third kappa shape index (κ3) is 3.64. The van der Waals surface area contributed by atoms with E-state index in [0.717, 1.165) is 5.56 Å². The first-order valence-electron chi connectivity index (χ1n) is 9.46. The Morgan fingerprint density at radius 1 is 1.17 bits per heavy atom. The molecular weight excluding hydrogens is 368 g/mol. The smallest absolute Gasteiger partial charge is 0.272 e. The van der Waals surface area contributed by atoms with Crippen LogP contribution in [-0.2, 0) is 11.3 Å². The lowest BCUT2D eigenvalue weighted by Crippen LogP contribution is -2.18. The van der Waals surface area contributed by atoms with Gasteiger partial charge in [0.15, 0.2) is 0 Å². The van der Waals surface area contributed by atoms with Gasteiger partial charge >= 0.3 is 0 Å². The molecule has 0 spiro atoms. The highest BCUT2D eigenvalue weighted by atomic mass is 16.5. The van der Waals surface area contributed by atoms with Crippen molar-refractivity contribution in [2.45, 2.75) is 19.9 Å². The monoisotopic (exact) mass is 390 g/mol. The van der Waals surface area contributed by atoms with Crippen molar-refractivity contribution in [1.82, 2.24) is 14.0 Å². The topological polar surface area (TPSA) is 77.6 Å². The van der Waals surface area contributed by atoms with E-state index in [1.165, 1.54) is 4.40 Å². The van der Waals surface area contributed by atoms with E-state index in [2.05, 4.69) is 10.3 Å². The van der Waals surface area contributed by atoms with Gasteiger partial charge in [0.05, 0.1) is 5.39 Å². The molecule has 1 amide bonds. The van der Waals surface area contributed by atoms with Gasteiger partial charge in [0.25, 0.3) is 11.5 Å². The number of nitrogens with one attached hydrogen (secondary N) is 1. The highest BCUT2D eigenvalue weighted by Crippen LogP contribution is 2.19. The van der Waals surface area contributed by atoms with Crippen molar-refractivity contribution in [2.24, 2.45) is 0 Å². The van der Waals surface area contributed by atoms with E-state index in [0.29, 0.717) is 47.6 Å². The molecular formula is C22H22N4O3. The van der Waals surface area contributed by atoms with Crippen LogP contribution in [0.1, 0.15) is 22.5 Å². The molecule has 3 aromatic heterocycles. The predicted octanol–water partition coefficient (Wildman–Crippen LogP) is 3.25. The summed E-state index contributed by atoms with van der Waals surface area (Å²) in [5, 5.41) is 3.33. The maximum absolute atomic E-state index is 13.0. The molecule has 0 atom stereocenters. The Labute approximate surface area is 167 Å². The number of nitrogens with zero attached hydrogens (tertiary/aromatic N) is 3. The number of amides is 1. The zero-order valence-electron chi connectivity index (χ0n) is 16.4. The molecule has 148 valence electrons. The number of fused-ring (bicyclic) bond motifs is 2. The summed E-state index contributed by atoms with van der Waals surface area (Å²) in [7, 11) is 1.64. The number of aryl methyl sites for hydroxylation is 2. The minimum atomic E-state index is -0.280. The summed E-state index contributed by atoms with van der Waals surface area (Å²) in [4.78, 5) is 30.6. The van der Waals surface area contributed by atoms with E-state index in [4.69, 9.17) is 4.74 Å². The van der Waals surface area contributed by atoms with Gasteiger partial charge in [-0.15, -0.1) is 0 Å². The summed E-state index contributed by atoms with van der Waals surface area (Å²) >= 11 is 0. The van der Waals surface area contributed by atoms with Gasteiger partial charge in [-0.1, -0.05) is 23.8 Å². The van der Waals surface area contributed by atoms with Crippen molar-refractivity contribution in [3.63, 3.8) is 0 Å². The normalized spacial score (nSPS) is 11.2. The minimum absolute atomic E-state index is 0.194. The van der Waals surface area contributed by atoms with E-state index < -0.39 is 0 Å². The van der Waals surface area contributed by atoms with Crippen molar-refractivity contribution in [3.05, 3.63) is 76.3 Å². The van der Waals surface area contributed by atoms with Gasteiger partial charge in [0, 0.05) is 32.1 Å². The number of pyridine rings is 1. The average Bonchev–Trinajstić information content (AvgIpc) is 3.09. The van der Waals surface area contributed by atoms with Gasteiger partial charge in [0.1, 0.15) is 17.0 Å². The fraction of sp³-hybridized carbons (Fsp3) is 0.227. The molecule has 4 aromatic rings. The fourth-order valence-electron chi connectivity index (χ4n) is 3.37. The van der Waals surface area contributed by atoms with Gasteiger partial charge in [0.2, 0.25) is 0 Å². The number of aromatic nitrogens is 3. The lowest BCUT2D eigenvalue weighted by molar-refractivity contribution is 0.101. The molecule has 0 aliphatic heterocycles. The van der Waals surface area contributed by atoms with Crippen LogP contribution in [0.2, 0.25) is 0 Å². The van der Waals surface area contributed by atoms with Crippen LogP contribution >= 0.6 is 0 Å². The molecule has 0 unspecified atom stereocenters. The summed E-state index contributed by atoms with van der Waals surface area (Å²) in [6.07, 6.45) is 2.37. The lowest BCUT2D eigenvalue weighted by atomic mass is 10.2. The summed E-state index contributed by atoms with van der Waals surface area (Å²) in [6, 6.07) is 14.6. The van der Waals surface area contributed by atoms with Crippen LogP contribution < -0.4 is 10.9 Å². The Morgan fingerprint density at radius 2 is 1.97 bits per heavy atom. The molecule has 0 fully saturated rings. The zero-order valence-corrected chi connectivity index (χ0v) is 16.4. The number of rotatable bonds is 6. The Kier molecular flexibility index (Phi) is 5.14. The maximum Gasteiger partial charge on any atom is 0.272 e. The van der Waals surface area contributed by atoms with Gasteiger partial charge in [-0.2, -0.15) is 0 Å². The summed E-state index contributed by atoms with van der Waals surface area (Å²) in [5.74, 6) is -0.280. The molecule has 0 bridgehead atoms. The molecule has 29 heavy (non-hydrogen) atoms. The standard InChI is InChI=1S/C22H22N4O3/c1-15-7-9-16(10-8-15)23-21(27)18-14-17-20(25(18)12-5-13-29-2)24-19-6-3-4-11-26(19)22(17)28/h3-4,6-11,14H,5,12-13H2,1-2H3,(H,23,27). The number of hydrogen-bond acceptors (Lipinski definition) is 4. The van der Waals surface area contributed by atoms with Gasteiger partial charge < -0.3 is 14.6 Å². The SMILES string of the molecule is COCCCn1c(C(=O)Nc2ccc(C)cc2)cc2c(=O)n3ccccc3nc21. The Bertz CT molecular complexity index is 1240. The first-order valence-corrected chi connectivity index (χ1v) is 9.46. The largest absolute Gasteiger partial charge is 0.385 e. The van der Waals surface area contributed by atoms with Crippen LogP contribution in [0.3, 0.4) is 0 Å². The zero-order chi connectivity index (χ0) is 20.4. The molecule has 4 rings (SSSR count). The van der Waals surface area contributed by atoms with Crippen LogP contribution in [0.4, 0.5) is 5.69 Å². The Balaban J connectivity index is 1.82. The van der Waals surface area contributed by atoms with Crippen LogP contribution in [0.15, 0.2) is 59.5 Å². The van der Waals surface area contributed by atoms with Crippen molar-refractivity contribution < 1.29 is 9.53 Å². The van der Waals surface area contributed by atoms with E-state index in [1.807, 2.05) is 37.3 Å². The molecule has 1 N–H and O–H groups in total. The van der Waals surface area contributed by atoms with E-state index >= 15 is 0 Å². The van der Waals surface area contributed by atoms with Gasteiger partial charge in [-0.25, -0.2) is 4.98 Å². The number of methoxy groups -OCH3 is 1. The molecule has 7 heteroatoms. The number of anilines is 1. The van der Waals surface area contributed by atoms with Crippen molar-refractivity contribution in [2.75, 3.05) is 19.0 Å². The van der Waals surface area contributed by atoms with Crippen molar-refractivity contribution in [1.29, 1.82) is 0 Å². The van der Waals surface area contributed by atoms with E-state index in [-0.39, 0.29) is 11.5 Å². The lowest BCUT2D eigenvalue weighted by Gasteiger charge is -2.11. The average molecular weight is 390 g/mol. The number of ether oxygens (including phenoxy) is 1. The molecule has 0 saturated heterocycles. The second kappa shape index (κ2) is 7.89. The highest BCUT2D eigenvalue weighted by molar-refractivity contribution is 6.06. The van der Waals surface area contributed by atoms with Crippen LogP contribution in [0.25, 0.3) is 16.7 Å². The van der Waals surface area contributed by atoms with Crippen LogP contribution in [0.5, 0.6) is 0 Å². The number of carbonyl (C=O) groups is 1. The maximum atomic E-state index is 13.0. The summed E-state index contributed by atoms with van der Waals surface area (Å²) in [6.45, 7) is 3.05. The molecule has 0 saturated carbocycles. The van der Waals surface area contributed by atoms with Crippen LogP contribution in [0, 0.1) is 6.92 Å². The van der Waals surface area contributed by atoms with E-state index in [1.54, 1.807) is 36.1 Å². The second-order valence-electron chi connectivity index (χ2n) is 6.93. The van der Waals surface area contributed by atoms with Gasteiger partial charge in [-0.05, 0) is 43.7 Å². The Morgan fingerprint density at radius 3 is 2.72 bits per heavy atom. The summed E-state index contributed by atoms with van der Waals surface area (Å²) < 4.78 is 8.44. The molecule has 0 aliphatic rings. The second-order valence-corrected chi connectivity index (χ2v) is 6.93. The summed E-state index contributed by atoms with van der Waals surface area (Å²) in [5.41, 5.74) is 3.07. The van der Waals surface area contributed by atoms with Crippen molar-refractivity contribution >= 4 is 28.3 Å². The molecule has 3 heterocycles. The molecule has 1 aromatic carbocycles. The first kappa shape index (κ1) is 18.9.